The number of esters is 3. The average molecular weight is 499 g/mol. The summed E-state index contributed by atoms with van der Waals surface area (Å²) in [6.07, 6.45) is 7.91. The molecular weight excluding hydrogens is 448 g/mol. The van der Waals surface area contributed by atoms with Gasteiger partial charge in [0.05, 0.1) is 19.8 Å². The van der Waals surface area contributed by atoms with Crippen molar-refractivity contribution in [2.45, 2.75) is 119 Å². The van der Waals surface area contributed by atoms with Crippen molar-refractivity contribution in [3.63, 3.8) is 0 Å². The fourth-order valence-corrected chi connectivity index (χ4v) is 4.09. The Morgan fingerprint density at radius 3 is 1.43 bits per heavy atom. The van der Waals surface area contributed by atoms with Crippen molar-refractivity contribution >= 4 is 23.7 Å². The third kappa shape index (κ3) is 13.1. The number of Topliss-reactive ketones (excluding diaryl/α,β-unsaturated/α-hetero) is 1. The van der Waals surface area contributed by atoms with Crippen LogP contribution in [-0.2, 0) is 33.4 Å². The Morgan fingerprint density at radius 1 is 0.686 bits per heavy atom. The van der Waals surface area contributed by atoms with Crippen LogP contribution in [-0.4, -0.2) is 43.5 Å². The van der Waals surface area contributed by atoms with Gasteiger partial charge in [0.15, 0.2) is 0 Å². The van der Waals surface area contributed by atoms with Gasteiger partial charge < -0.3 is 14.2 Å². The number of hydrogen-bond acceptors (Lipinski definition) is 7. The summed E-state index contributed by atoms with van der Waals surface area (Å²) in [5, 5.41) is 0. The molecular formula is C28H50O7. The Bertz CT molecular complexity index is 593. The van der Waals surface area contributed by atoms with Crippen molar-refractivity contribution in [3.8, 4) is 0 Å². The maximum absolute atomic E-state index is 12.8. The van der Waals surface area contributed by atoms with Crippen molar-refractivity contribution in [3.05, 3.63) is 0 Å². The van der Waals surface area contributed by atoms with E-state index in [9.17, 15) is 19.2 Å². The van der Waals surface area contributed by atoms with Crippen molar-refractivity contribution in [2.24, 2.45) is 17.3 Å². The summed E-state index contributed by atoms with van der Waals surface area (Å²) < 4.78 is 16.1. The van der Waals surface area contributed by atoms with Crippen molar-refractivity contribution in [1.82, 2.24) is 0 Å². The smallest absolute Gasteiger partial charge is 0.319 e. The van der Waals surface area contributed by atoms with Crippen LogP contribution >= 0.6 is 0 Å². The monoisotopic (exact) mass is 498 g/mol. The maximum Gasteiger partial charge on any atom is 0.319 e. The molecule has 0 radical (unpaired) electrons. The van der Waals surface area contributed by atoms with Crippen LogP contribution in [0.15, 0.2) is 0 Å². The van der Waals surface area contributed by atoms with Gasteiger partial charge in [0, 0.05) is 12.8 Å². The largest absolute Gasteiger partial charge is 0.465 e. The van der Waals surface area contributed by atoms with Gasteiger partial charge in [-0.2, -0.15) is 0 Å². The van der Waals surface area contributed by atoms with E-state index in [-0.39, 0.29) is 32.3 Å². The zero-order valence-electron chi connectivity index (χ0n) is 23.1. The Morgan fingerprint density at radius 2 is 1.11 bits per heavy atom. The molecule has 0 heterocycles. The lowest BCUT2D eigenvalue weighted by molar-refractivity contribution is -0.162. The molecule has 0 aromatic heterocycles. The van der Waals surface area contributed by atoms with E-state index in [0.717, 1.165) is 51.4 Å². The van der Waals surface area contributed by atoms with Gasteiger partial charge in [-0.25, -0.2) is 0 Å². The fourth-order valence-electron chi connectivity index (χ4n) is 4.09. The first-order chi connectivity index (χ1) is 16.7. The Balaban J connectivity index is 5.11. The molecule has 0 aliphatic carbocycles. The zero-order valence-corrected chi connectivity index (χ0v) is 23.1. The van der Waals surface area contributed by atoms with Crippen LogP contribution in [0, 0.1) is 17.3 Å². The van der Waals surface area contributed by atoms with Gasteiger partial charge in [-0.1, -0.05) is 66.2 Å². The highest BCUT2D eigenvalue weighted by atomic mass is 16.5. The lowest BCUT2D eigenvalue weighted by Gasteiger charge is -2.28. The highest BCUT2D eigenvalue weighted by molar-refractivity contribution is 6.03. The topological polar surface area (TPSA) is 96.0 Å². The van der Waals surface area contributed by atoms with Crippen LogP contribution in [0.4, 0.5) is 0 Å². The standard InChI is InChI=1S/C28H50O7/c1-7-12-14-23(9-3)20-34-25(30)16-18-28(22(6)29,27(32)33-11-5)19-17-26(31)35-21-24(10-4)15-13-8-2/h23-24H,7-21H2,1-6H3. The molecule has 0 aromatic carbocycles. The Kier molecular flexibility index (Phi) is 18.2. The number of carbonyl (C=O) groups excluding carboxylic acids is 4. The molecule has 35 heavy (non-hydrogen) atoms. The molecule has 0 aromatic rings. The Labute approximate surface area is 213 Å². The molecule has 2 atom stereocenters. The van der Waals surface area contributed by atoms with E-state index >= 15 is 0 Å². The first-order valence-corrected chi connectivity index (χ1v) is 13.7. The van der Waals surface area contributed by atoms with Gasteiger partial charge in [0.2, 0.25) is 0 Å². The van der Waals surface area contributed by atoms with Crippen molar-refractivity contribution < 1.29 is 33.4 Å². The molecule has 0 saturated carbocycles. The average Bonchev–Trinajstić information content (AvgIpc) is 2.84. The summed E-state index contributed by atoms with van der Waals surface area (Å²) in [6.45, 7) is 12.1. The van der Waals surface area contributed by atoms with Crippen molar-refractivity contribution in [1.29, 1.82) is 0 Å². The molecule has 0 bridgehead atoms. The minimum atomic E-state index is -1.56. The molecule has 7 nitrogen and oxygen atoms in total. The van der Waals surface area contributed by atoms with Crippen LogP contribution in [0.5, 0.6) is 0 Å². The van der Waals surface area contributed by atoms with Crippen molar-refractivity contribution in [2.75, 3.05) is 19.8 Å². The molecule has 0 rings (SSSR count). The van der Waals surface area contributed by atoms with Gasteiger partial charge in [0.1, 0.15) is 11.2 Å². The molecule has 0 aliphatic rings. The number of ether oxygens (including phenoxy) is 3. The SMILES string of the molecule is CCCCC(CC)COC(=O)CCC(CCC(=O)OCC(CC)CCCC)(C(C)=O)C(=O)OCC. The first-order valence-electron chi connectivity index (χ1n) is 13.7. The lowest BCUT2D eigenvalue weighted by atomic mass is 9.75. The molecule has 0 amide bonds. The fraction of sp³-hybridized carbons (Fsp3) is 0.857. The third-order valence-electron chi connectivity index (χ3n) is 6.90. The van der Waals surface area contributed by atoms with Crippen LogP contribution in [0.2, 0.25) is 0 Å². The molecule has 2 unspecified atom stereocenters. The van der Waals surface area contributed by atoms with Crippen LogP contribution < -0.4 is 0 Å². The number of carbonyl (C=O) groups is 4. The quantitative estimate of drug-likeness (QED) is 0.105. The normalized spacial score (nSPS) is 14.5. The van der Waals surface area contributed by atoms with Gasteiger partial charge in [-0.3, -0.25) is 19.2 Å². The summed E-state index contributed by atoms with van der Waals surface area (Å²) in [5.41, 5.74) is -1.56. The molecule has 204 valence electrons. The second kappa shape index (κ2) is 19.3. The molecule has 0 saturated heterocycles. The maximum atomic E-state index is 12.8. The van der Waals surface area contributed by atoms with E-state index in [1.807, 2.05) is 0 Å². The van der Waals surface area contributed by atoms with E-state index in [1.54, 1.807) is 6.92 Å². The molecule has 0 fully saturated rings. The van der Waals surface area contributed by atoms with Crippen LogP contribution in [0.25, 0.3) is 0 Å². The number of ketones is 1. The van der Waals surface area contributed by atoms with E-state index in [1.165, 1.54) is 6.92 Å². The third-order valence-corrected chi connectivity index (χ3v) is 6.90. The van der Waals surface area contributed by atoms with Gasteiger partial charge >= 0.3 is 17.9 Å². The number of hydrogen-bond donors (Lipinski definition) is 0. The Hall–Kier alpha value is -1.92. The minimum absolute atomic E-state index is 0.0485. The lowest BCUT2D eigenvalue weighted by Crippen LogP contribution is -2.41. The molecule has 0 spiro atoms. The summed E-state index contributed by atoms with van der Waals surface area (Å²) in [4.78, 5) is 50.4. The molecule has 0 aliphatic heterocycles. The summed E-state index contributed by atoms with van der Waals surface area (Å²) >= 11 is 0. The highest BCUT2D eigenvalue weighted by Crippen LogP contribution is 2.34. The van der Waals surface area contributed by atoms with Crippen LogP contribution in [0.3, 0.4) is 0 Å². The second-order valence-corrected chi connectivity index (χ2v) is 9.56. The van der Waals surface area contributed by atoms with E-state index < -0.39 is 29.1 Å². The summed E-state index contributed by atoms with van der Waals surface area (Å²) in [7, 11) is 0. The second-order valence-electron chi connectivity index (χ2n) is 9.56. The predicted molar refractivity (Wildman–Crippen MR) is 137 cm³/mol. The molecule has 0 N–H and O–H groups in total. The zero-order chi connectivity index (χ0) is 26.7. The first kappa shape index (κ1) is 33.1. The minimum Gasteiger partial charge on any atom is -0.465 e. The molecule has 7 heteroatoms. The van der Waals surface area contributed by atoms with E-state index in [2.05, 4.69) is 27.7 Å². The number of unbranched alkanes of at least 4 members (excludes halogenated alkanes) is 2. The van der Waals surface area contributed by atoms with Gasteiger partial charge in [0.25, 0.3) is 0 Å². The summed E-state index contributed by atoms with van der Waals surface area (Å²) in [6, 6.07) is 0. The van der Waals surface area contributed by atoms with Crippen LogP contribution in [0.1, 0.15) is 119 Å². The van der Waals surface area contributed by atoms with E-state index in [4.69, 9.17) is 14.2 Å². The van der Waals surface area contributed by atoms with Gasteiger partial charge in [-0.05, 0) is 51.4 Å². The number of rotatable bonds is 21. The highest BCUT2D eigenvalue weighted by Gasteiger charge is 2.45. The van der Waals surface area contributed by atoms with E-state index in [0.29, 0.717) is 25.0 Å². The summed E-state index contributed by atoms with van der Waals surface area (Å²) in [5.74, 6) is -1.39. The van der Waals surface area contributed by atoms with Gasteiger partial charge in [-0.15, -0.1) is 0 Å². The predicted octanol–water partition coefficient (Wildman–Crippen LogP) is 6.20.